The Morgan fingerprint density at radius 1 is 1.44 bits per heavy atom. The van der Waals surface area contributed by atoms with Crippen LogP contribution in [0.1, 0.15) is 24.8 Å². The van der Waals surface area contributed by atoms with E-state index in [0.717, 1.165) is 40.9 Å². The highest BCUT2D eigenvalue weighted by molar-refractivity contribution is 9.10. The van der Waals surface area contributed by atoms with Crippen molar-refractivity contribution in [1.29, 1.82) is 0 Å². The van der Waals surface area contributed by atoms with Crippen LogP contribution in [0, 0.1) is 0 Å². The largest absolute Gasteiger partial charge is 0.392 e. The minimum atomic E-state index is -0.196. The SMILES string of the molecule is OC1CCCC1NCc1cc(Cl)ccc1Br. The average molecular weight is 305 g/mol. The van der Waals surface area contributed by atoms with Crippen molar-refractivity contribution < 1.29 is 5.11 Å². The fourth-order valence-electron chi connectivity index (χ4n) is 2.10. The Balaban J connectivity index is 1.96. The highest BCUT2D eigenvalue weighted by atomic mass is 79.9. The molecule has 4 heteroatoms. The third-order valence-corrected chi connectivity index (χ3v) is 4.05. The Hall–Kier alpha value is -0.0900. The van der Waals surface area contributed by atoms with Gasteiger partial charge in [0.1, 0.15) is 0 Å². The van der Waals surface area contributed by atoms with Gasteiger partial charge in [0, 0.05) is 22.1 Å². The van der Waals surface area contributed by atoms with E-state index in [4.69, 9.17) is 11.6 Å². The summed E-state index contributed by atoms with van der Waals surface area (Å²) < 4.78 is 1.05. The fourth-order valence-corrected chi connectivity index (χ4v) is 2.68. The molecule has 1 fully saturated rings. The zero-order chi connectivity index (χ0) is 11.5. The van der Waals surface area contributed by atoms with Gasteiger partial charge in [0.15, 0.2) is 0 Å². The molecule has 1 aliphatic rings. The number of halogens is 2. The predicted octanol–water partition coefficient (Wildman–Crippen LogP) is 3.11. The third-order valence-electron chi connectivity index (χ3n) is 3.04. The van der Waals surface area contributed by atoms with Gasteiger partial charge in [-0.05, 0) is 43.0 Å². The van der Waals surface area contributed by atoms with Crippen LogP contribution in [-0.4, -0.2) is 17.3 Å². The molecule has 0 bridgehead atoms. The predicted molar refractivity (Wildman–Crippen MR) is 69.6 cm³/mol. The molecule has 0 spiro atoms. The summed E-state index contributed by atoms with van der Waals surface area (Å²) in [5.74, 6) is 0. The lowest BCUT2D eigenvalue weighted by Gasteiger charge is -2.17. The minimum absolute atomic E-state index is 0.196. The van der Waals surface area contributed by atoms with Crippen molar-refractivity contribution >= 4 is 27.5 Å². The minimum Gasteiger partial charge on any atom is -0.392 e. The Bertz CT molecular complexity index is 372. The number of rotatable bonds is 3. The number of aliphatic hydroxyl groups excluding tert-OH is 1. The molecular weight excluding hydrogens is 289 g/mol. The molecule has 16 heavy (non-hydrogen) atoms. The number of hydrogen-bond donors (Lipinski definition) is 2. The van der Waals surface area contributed by atoms with Gasteiger partial charge in [-0.1, -0.05) is 27.5 Å². The maximum atomic E-state index is 9.69. The Morgan fingerprint density at radius 3 is 2.94 bits per heavy atom. The maximum Gasteiger partial charge on any atom is 0.0693 e. The molecule has 1 aromatic rings. The van der Waals surface area contributed by atoms with Crippen molar-refractivity contribution in [2.45, 2.75) is 38.0 Å². The summed E-state index contributed by atoms with van der Waals surface area (Å²) in [5, 5.41) is 13.8. The van der Waals surface area contributed by atoms with Gasteiger partial charge in [0.05, 0.1) is 6.10 Å². The van der Waals surface area contributed by atoms with Crippen LogP contribution in [0.5, 0.6) is 0 Å². The van der Waals surface area contributed by atoms with Crippen molar-refractivity contribution in [3.05, 3.63) is 33.3 Å². The lowest BCUT2D eigenvalue weighted by atomic mass is 10.2. The number of hydrogen-bond acceptors (Lipinski definition) is 2. The van der Waals surface area contributed by atoms with E-state index in [9.17, 15) is 5.11 Å². The highest BCUT2D eigenvalue weighted by Crippen LogP contribution is 2.23. The summed E-state index contributed by atoms with van der Waals surface area (Å²) >= 11 is 9.44. The molecule has 0 heterocycles. The summed E-state index contributed by atoms with van der Waals surface area (Å²) in [6.45, 7) is 0.739. The second-order valence-corrected chi connectivity index (χ2v) is 5.51. The quantitative estimate of drug-likeness (QED) is 0.899. The first kappa shape index (κ1) is 12.4. The monoisotopic (exact) mass is 303 g/mol. The zero-order valence-corrected chi connectivity index (χ0v) is 11.3. The van der Waals surface area contributed by atoms with Crippen LogP contribution >= 0.6 is 27.5 Å². The average Bonchev–Trinajstić information content (AvgIpc) is 2.66. The van der Waals surface area contributed by atoms with E-state index < -0.39 is 0 Å². The van der Waals surface area contributed by atoms with Gasteiger partial charge < -0.3 is 10.4 Å². The summed E-state index contributed by atoms with van der Waals surface area (Å²) in [5.41, 5.74) is 1.13. The number of benzene rings is 1. The van der Waals surface area contributed by atoms with Crippen LogP contribution in [0.25, 0.3) is 0 Å². The summed E-state index contributed by atoms with van der Waals surface area (Å²) in [6.07, 6.45) is 2.88. The molecule has 0 amide bonds. The van der Waals surface area contributed by atoms with E-state index in [1.807, 2.05) is 18.2 Å². The molecule has 0 radical (unpaired) electrons. The molecule has 2 nitrogen and oxygen atoms in total. The molecule has 88 valence electrons. The Morgan fingerprint density at radius 2 is 2.25 bits per heavy atom. The van der Waals surface area contributed by atoms with Crippen LogP contribution < -0.4 is 5.32 Å². The first-order valence-corrected chi connectivity index (χ1v) is 6.69. The van der Waals surface area contributed by atoms with Crippen LogP contribution in [0.4, 0.5) is 0 Å². The molecule has 1 aromatic carbocycles. The van der Waals surface area contributed by atoms with Gasteiger partial charge in [-0.2, -0.15) is 0 Å². The highest BCUT2D eigenvalue weighted by Gasteiger charge is 2.24. The van der Waals surface area contributed by atoms with Crippen LogP contribution in [0.2, 0.25) is 5.02 Å². The summed E-state index contributed by atoms with van der Waals surface area (Å²) in [7, 11) is 0. The molecule has 2 unspecified atom stereocenters. The van der Waals surface area contributed by atoms with Crippen molar-refractivity contribution in [2.75, 3.05) is 0 Å². The van der Waals surface area contributed by atoms with E-state index >= 15 is 0 Å². The molecule has 2 atom stereocenters. The van der Waals surface area contributed by atoms with Crippen LogP contribution in [-0.2, 0) is 6.54 Å². The van der Waals surface area contributed by atoms with Gasteiger partial charge in [0.25, 0.3) is 0 Å². The molecule has 2 N–H and O–H groups in total. The first-order chi connectivity index (χ1) is 7.66. The molecule has 0 aliphatic heterocycles. The lowest BCUT2D eigenvalue weighted by Crippen LogP contribution is -2.35. The Kier molecular flexibility index (Phi) is 4.25. The van der Waals surface area contributed by atoms with E-state index in [0.29, 0.717) is 0 Å². The summed E-state index contributed by atoms with van der Waals surface area (Å²) in [6, 6.07) is 5.98. The molecule has 1 aliphatic carbocycles. The molecule has 1 saturated carbocycles. The van der Waals surface area contributed by atoms with Crippen LogP contribution in [0.3, 0.4) is 0 Å². The van der Waals surface area contributed by atoms with Gasteiger partial charge in [-0.25, -0.2) is 0 Å². The molecular formula is C12H15BrClNO. The van der Waals surface area contributed by atoms with Gasteiger partial charge in [0.2, 0.25) is 0 Å². The van der Waals surface area contributed by atoms with Gasteiger partial charge in [-0.3, -0.25) is 0 Å². The number of aliphatic hydroxyl groups is 1. The molecule has 0 aromatic heterocycles. The van der Waals surface area contributed by atoms with Crippen molar-refractivity contribution in [2.24, 2.45) is 0 Å². The van der Waals surface area contributed by atoms with E-state index in [1.54, 1.807) is 0 Å². The maximum absolute atomic E-state index is 9.69. The van der Waals surface area contributed by atoms with Crippen LogP contribution in [0.15, 0.2) is 22.7 Å². The van der Waals surface area contributed by atoms with Gasteiger partial charge in [-0.15, -0.1) is 0 Å². The zero-order valence-electron chi connectivity index (χ0n) is 8.92. The van der Waals surface area contributed by atoms with E-state index in [-0.39, 0.29) is 12.1 Å². The first-order valence-electron chi connectivity index (χ1n) is 5.52. The van der Waals surface area contributed by atoms with E-state index in [2.05, 4.69) is 21.2 Å². The topological polar surface area (TPSA) is 32.3 Å². The smallest absolute Gasteiger partial charge is 0.0693 e. The van der Waals surface area contributed by atoms with E-state index in [1.165, 1.54) is 0 Å². The standard InChI is InChI=1S/C12H15BrClNO/c13-10-5-4-9(14)6-8(10)7-15-11-2-1-3-12(11)16/h4-6,11-12,15-16H,1-3,7H2. The third kappa shape index (κ3) is 2.98. The fraction of sp³-hybridized carbons (Fsp3) is 0.500. The Labute approximate surface area is 109 Å². The second-order valence-electron chi connectivity index (χ2n) is 4.22. The summed E-state index contributed by atoms with van der Waals surface area (Å²) in [4.78, 5) is 0. The lowest BCUT2D eigenvalue weighted by molar-refractivity contribution is 0.148. The molecule has 0 saturated heterocycles. The van der Waals surface area contributed by atoms with Crippen molar-refractivity contribution in [3.8, 4) is 0 Å². The van der Waals surface area contributed by atoms with Crippen molar-refractivity contribution in [3.63, 3.8) is 0 Å². The second kappa shape index (κ2) is 5.50. The number of nitrogens with one attached hydrogen (secondary N) is 1. The van der Waals surface area contributed by atoms with Gasteiger partial charge >= 0.3 is 0 Å². The molecule has 2 rings (SSSR count). The normalized spacial score (nSPS) is 24.9. The van der Waals surface area contributed by atoms with Crippen molar-refractivity contribution in [1.82, 2.24) is 5.32 Å².